The second-order valence-corrected chi connectivity index (χ2v) is 18.5. The minimum atomic E-state index is -0.681. The first kappa shape index (κ1) is 41.2. The minimum absolute atomic E-state index is 0.0910. The molecule has 6 unspecified atom stereocenters. The number of ether oxygens (including phenoxy) is 2. The number of aromatic amines is 2. The van der Waals surface area contributed by atoms with Crippen LogP contribution in [0.3, 0.4) is 0 Å². The maximum atomic E-state index is 14.0. The van der Waals surface area contributed by atoms with E-state index in [0.717, 1.165) is 94.6 Å². The zero-order valence-corrected chi connectivity index (χ0v) is 36.2. The maximum Gasteiger partial charge on any atom is 0.407 e. The Kier molecular flexibility index (Phi) is 10.8. The van der Waals surface area contributed by atoms with Gasteiger partial charge in [-0.1, -0.05) is 76.2 Å². The first-order chi connectivity index (χ1) is 29.8. The smallest absolute Gasteiger partial charge is 0.407 e. The number of hydrogen-bond donors (Lipinski definition) is 4. The first-order valence-corrected chi connectivity index (χ1v) is 21.9. The second kappa shape index (κ2) is 16.3. The summed E-state index contributed by atoms with van der Waals surface area (Å²) in [7, 11) is 2.62. The molecule has 2 saturated heterocycles. The lowest BCUT2D eigenvalue weighted by Gasteiger charge is -2.37. The van der Waals surface area contributed by atoms with Crippen molar-refractivity contribution < 1.29 is 28.7 Å². The van der Waals surface area contributed by atoms with Gasteiger partial charge in [-0.15, -0.1) is 0 Å². The Bertz CT molecular complexity index is 2510. The number of methoxy groups -OCH3 is 2. The molecule has 2 saturated carbocycles. The number of piperidine rings is 1. The van der Waals surface area contributed by atoms with Crippen LogP contribution < -0.4 is 10.6 Å². The van der Waals surface area contributed by atoms with E-state index in [1.807, 2.05) is 49.9 Å². The molecule has 4 heterocycles. The predicted molar refractivity (Wildman–Crippen MR) is 234 cm³/mol. The van der Waals surface area contributed by atoms with E-state index >= 15 is 0 Å². The zero-order valence-electron chi connectivity index (χ0n) is 36.2. The molecule has 2 aromatic heterocycles. The van der Waals surface area contributed by atoms with Gasteiger partial charge in [0.05, 0.1) is 50.1 Å². The lowest BCUT2D eigenvalue weighted by Crippen LogP contribution is -2.54. The summed E-state index contributed by atoms with van der Waals surface area (Å²) in [6, 6.07) is 19.7. The number of nitrogens with zero attached hydrogens (tertiary/aromatic N) is 4. The van der Waals surface area contributed by atoms with Gasteiger partial charge in [0.1, 0.15) is 23.7 Å². The normalized spacial score (nSPS) is 22.1. The zero-order chi connectivity index (χ0) is 43.4. The molecule has 4 N–H and O–H groups in total. The molecule has 4 amide bonds. The van der Waals surface area contributed by atoms with Crippen LogP contribution in [0, 0.1) is 23.2 Å². The lowest BCUT2D eigenvalue weighted by atomic mass is 9.95. The predicted octanol–water partition coefficient (Wildman–Crippen LogP) is 8.15. The molecule has 62 heavy (non-hydrogen) atoms. The van der Waals surface area contributed by atoms with Gasteiger partial charge in [0.25, 0.3) is 0 Å². The molecule has 6 atom stereocenters. The molecular formula is C48H56N8O6. The average molecular weight is 841 g/mol. The Labute approximate surface area is 361 Å². The van der Waals surface area contributed by atoms with Gasteiger partial charge in [-0.25, -0.2) is 19.6 Å². The monoisotopic (exact) mass is 840 g/mol. The summed E-state index contributed by atoms with van der Waals surface area (Å²) in [5.41, 5.74) is 6.06. The average Bonchev–Trinajstić information content (AvgIpc) is 3.91. The summed E-state index contributed by atoms with van der Waals surface area (Å²) in [6.07, 6.45) is 8.47. The first-order valence-electron chi connectivity index (χ1n) is 21.9. The Hall–Kier alpha value is -6.18. The van der Waals surface area contributed by atoms with E-state index in [0.29, 0.717) is 12.5 Å². The number of hydrogen-bond acceptors (Lipinski definition) is 8. The fraction of sp³-hybridized carbons (Fsp3) is 0.458. The fourth-order valence-corrected chi connectivity index (χ4v) is 10.2. The van der Waals surface area contributed by atoms with Crippen LogP contribution in [0.25, 0.3) is 44.5 Å². The molecule has 9 rings (SSSR count). The molecule has 2 aliphatic heterocycles. The van der Waals surface area contributed by atoms with Gasteiger partial charge in [0.15, 0.2) is 0 Å². The van der Waals surface area contributed by atoms with Crippen molar-refractivity contribution in [3.05, 3.63) is 84.6 Å². The lowest BCUT2D eigenvalue weighted by molar-refractivity contribution is -0.139. The molecule has 1 spiro atoms. The summed E-state index contributed by atoms with van der Waals surface area (Å²) < 4.78 is 9.66. The highest BCUT2D eigenvalue weighted by atomic mass is 16.5. The van der Waals surface area contributed by atoms with Crippen LogP contribution >= 0.6 is 0 Å². The van der Waals surface area contributed by atoms with E-state index in [-0.39, 0.29) is 47.2 Å². The third-order valence-corrected chi connectivity index (χ3v) is 13.8. The number of rotatable bonds is 11. The Morgan fingerprint density at radius 2 is 1.35 bits per heavy atom. The van der Waals surface area contributed by atoms with Crippen LogP contribution in [-0.2, 0) is 19.1 Å². The minimum Gasteiger partial charge on any atom is -0.453 e. The Balaban J connectivity index is 0.893. The summed E-state index contributed by atoms with van der Waals surface area (Å²) in [5.74, 6) is 1.45. The van der Waals surface area contributed by atoms with Gasteiger partial charge >= 0.3 is 12.2 Å². The number of H-pyrrole nitrogens is 2. The summed E-state index contributed by atoms with van der Waals surface area (Å²) >= 11 is 0. The number of aromatic nitrogens is 4. The van der Waals surface area contributed by atoms with E-state index in [9.17, 15) is 19.2 Å². The third kappa shape index (κ3) is 7.68. The van der Waals surface area contributed by atoms with Crippen LogP contribution in [0.5, 0.6) is 0 Å². The van der Waals surface area contributed by atoms with E-state index in [4.69, 9.17) is 19.4 Å². The molecule has 14 nitrogen and oxygen atoms in total. The molecule has 3 aromatic carbocycles. The van der Waals surface area contributed by atoms with Crippen LogP contribution in [0.4, 0.5) is 9.59 Å². The maximum absolute atomic E-state index is 14.0. The molecule has 4 fully saturated rings. The molecule has 2 aliphatic carbocycles. The molecule has 5 aromatic rings. The topological polar surface area (TPSA) is 175 Å². The number of fused-ring (bicyclic) bond motifs is 3. The van der Waals surface area contributed by atoms with Gasteiger partial charge in [-0.05, 0) is 101 Å². The van der Waals surface area contributed by atoms with E-state index < -0.39 is 24.3 Å². The Morgan fingerprint density at radius 1 is 0.742 bits per heavy atom. The van der Waals surface area contributed by atoms with Crippen molar-refractivity contribution in [3.63, 3.8) is 0 Å². The van der Waals surface area contributed by atoms with E-state index in [2.05, 4.69) is 81.3 Å². The van der Waals surface area contributed by atoms with Crippen molar-refractivity contribution in [2.75, 3.05) is 20.8 Å². The van der Waals surface area contributed by atoms with Gasteiger partial charge in [0.2, 0.25) is 11.8 Å². The van der Waals surface area contributed by atoms with Crippen molar-refractivity contribution in [1.82, 2.24) is 40.4 Å². The van der Waals surface area contributed by atoms with Crippen molar-refractivity contribution in [1.29, 1.82) is 0 Å². The third-order valence-electron chi connectivity index (χ3n) is 13.8. The number of nitrogens with one attached hydrogen (secondary N) is 4. The standard InChI is InChI=1S/C48H56N8O6/c1-26(2)39(53-46(59)61-5)44(57)55-25-48(17-18-48)22-38(55)37-24-49-42(52-37)34-14-13-31-19-30(11-12-32(31)20-34)28-7-9-29(10-8-28)36-23-50-43(51-36)41-33-15-16-35(21-33)56(41)45(58)40(27(3)4)54-47(60)62-6/h7-14,19-20,23-24,26-27,33,35,38-41H,15-18,21-22,25H2,1-6H3,(H,49,52)(H,50,51)(H,53,59)(H,54,60). The highest BCUT2D eigenvalue weighted by Crippen LogP contribution is 2.58. The Morgan fingerprint density at radius 3 is 2.00 bits per heavy atom. The fourth-order valence-electron chi connectivity index (χ4n) is 10.2. The van der Waals surface area contributed by atoms with Crippen LogP contribution in [-0.4, -0.2) is 92.6 Å². The number of imidazole rings is 2. The highest BCUT2D eigenvalue weighted by Gasteiger charge is 2.55. The molecule has 324 valence electrons. The van der Waals surface area contributed by atoms with Crippen LogP contribution in [0.1, 0.15) is 89.8 Å². The number of benzene rings is 3. The van der Waals surface area contributed by atoms with Crippen LogP contribution in [0.2, 0.25) is 0 Å². The quantitative estimate of drug-likeness (QED) is 0.103. The van der Waals surface area contributed by atoms with Crippen molar-refractivity contribution >= 4 is 34.8 Å². The summed E-state index contributed by atoms with van der Waals surface area (Å²) in [4.78, 5) is 72.7. The SMILES string of the molecule is COC(=O)NC(C(=O)N1CC2(CC2)CC1c1cnc(-c2ccc3cc(-c4ccc(-c5cnc(C6C7CCC(C7)N6C(=O)C(NC(=O)OC)C(C)C)[nH]5)cc4)ccc3c2)[nH]1)C(C)C. The summed E-state index contributed by atoms with van der Waals surface area (Å²) in [6.45, 7) is 8.39. The summed E-state index contributed by atoms with van der Waals surface area (Å²) in [5, 5.41) is 7.71. The number of carbonyl (C=O) groups is 4. The van der Waals surface area contributed by atoms with E-state index in [1.165, 1.54) is 14.2 Å². The molecular weight excluding hydrogens is 785 g/mol. The molecule has 0 radical (unpaired) electrons. The van der Waals surface area contributed by atoms with Gasteiger partial charge in [0, 0.05) is 18.2 Å². The van der Waals surface area contributed by atoms with Crippen molar-refractivity contribution in [3.8, 4) is 33.8 Å². The number of likely N-dealkylation sites (tertiary alicyclic amines) is 2. The molecule has 4 aliphatic rings. The molecule has 2 bridgehead atoms. The van der Waals surface area contributed by atoms with Gasteiger partial charge < -0.3 is 39.9 Å². The number of carbonyl (C=O) groups excluding carboxylic acids is 4. The van der Waals surface area contributed by atoms with Crippen LogP contribution in [0.15, 0.2) is 73.1 Å². The number of alkyl carbamates (subject to hydrolysis) is 2. The van der Waals surface area contributed by atoms with Gasteiger partial charge in [-0.3, -0.25) is 9.59 Å². The second-order valence-electron chi connectivity index (χ2n) is 18.5. The highest BCUT2D eigenvalue weighted by molar-refractivity contribution is 5.91. The van der Waals surface area contributed by atoms with Gasteiger partial charge in [-0.2, -0.15) is 0 Å². The molecule has 14 heteroatoms. The largest absolute Gasteiger partial charge is 0.453 e. The van der Waals surface area contributed by atoms with Crippen molar-refractivity contribution in [2.24, 2.45) is 23.2 Å². The van der Waals surface area contributed by atoms with Crippen molar-refractivity contribution in [2.45, 2.75) is 96.4 Å². The van der Waals surface area contributed by atoms with E-state index in [1.54, 1.807) is 0 Å². The number of amides is 4.